The second-order valence-corrected chi connectivity index (χ2v) is 8.58. The number of nitrogen functional groups attached to an aromatic ring is 1. The minimum absolute atomic E-state index is 0.133. The van der Waals surface area contributed by atoms with Crippen LogP contribution in [0.4, 0.5) is 11.5 Å². The van der Waals surface area contributed by atoms with Crippen LogP contribution in [0.5, 0.6) is 0 Å². The lowest BCUT2D eigenvalue weighted by Gasteiger charge is -2.19. The third kappa shape index (κ3) is 6.66. The normalized spacial score (nSPS) is 11.9. The topological polar surface area (TPSA) is 89.3 Å². The lowest BCUT2D eigenvalue weighted by atomic mass is 10.1. The van der Waals surface area contributed by atoms with Crippen molar-refractivity contribution >= 4 is 28.2 Å². The van der Waals surface area contributed by atoms with Gasteiger partial charge in [0.1, 0.15) is 5.82 Å². The van der Waals surface area contributed by atoms with Gasteiger partial charge in [0.05, 0.1) is 18.4 Å². The number of nitrogens with zero attached hydrogens (tertiary/aromatic N) is 1. The quantitative estimate of drug-likeness (QED) is 0.269. The van der Waals surface area contributed by atoms with Gasteiger partial charge in [0.2, 0.25) is 0 Å². The van der Waals surface area contributed by atoms with Crippen LogP contribution >= 0.6 is 0 Å². The van der Waals surface area contributed by atoms with E-state index in [-0.39, 0.29) is 12.0 Å². The molecule has 0 saturated heterocycles. The Morgan fingerprint density at radius 2 is 1.80 bits per heavy atom. The first-order valence-corrected chi connectivity index (χ1v) is 12.0. The Morgan fingerprint density at radius 1 is 1.00 bits per heavy atom. The van der Waals surface area contributed by atoms with Gasteiger partial charge >= 0.3 is 0 Å². The number of rotatable bonds is 11. The van der Waals surface area contributed by atoms with Gasteiger partial charge in [0.15, 0.2) is 0 Å². The highest BCUT2D eigenvalue weighted by Crippen LogP contribution is 2.20. The molecule has 1 aromatic heterocycles. The van der Waals surface area contributed by atoms with Crippen LogP contribution in [0.1, 0.15) is 41.3 Å². The number of pyridine rings is 1. The molecule has 0 radical (unpaired) electrons. The lowest BCUT2D eigenvalue weighted by Crippen LogP contribution is -2.28. The molecule has 3 aromatic carbocycles. The van der Waals surface area contributed by atoms with Crippen molar-refractivity contribution in [3.63, 3.8) is 0 Å². The molecule has 1 atom stereocenters. The Labute approximate surface area is 206 Å². The van der Waals surface area contributed by atoms with Crippen molar-refractivity contribution in [3.8, 4) is 0 Å². The van der Waals surface area contributed by atoms with E-state index in [1.807, 2.05) is 24.3 Å². The second kappa shape index (κ2) is 12.1. The zero-order valence-corrected chi connectivity index (χ0v) is 20.0. The lowest BCUT2D eigenvalue weighted by molar-refractivity contribution is 0.0352. The Balaban J connectivity index is 1.28. The highest BCUT2D eigenvalue weighted by molar-refractivity contribution is 6.05. The van der Waals surface area contributed by atoms with Crippen LogP contribution < -0.4 is 16.4 Å². The molecule has 4 rings (SSSR count). The fraction of sp³-hybridized carbons (Fsp3) is 0.241. The van der Waals surface area contributed by atoms with Crippen molar-refractivity contribution < 1.29 is 9.53 Å². The molecular weight excluding hydrogens is 436 g/mol. The van der Waals surface area contributed by atoms with Crippen molar-refractivity contribution in [2.75, 3.05) is 17.6 Å². The number of nitrogens with one attached hydrogen (secondary N) is 2. The SMILES string of the molecule is CCCC(CNCc1ccc(C(=O)Nc2cccnc2N)cc1)OCc1cccc2ccccc12. The van der Waals surface area contributed by atoms with Crippen molar-refractivity contribution in [1.82, 2.24) is 10.3 Å². The summed E-state index contributed by atoms with van der Waals surface area (Å²) in [6.07, 6.45) is 3.78. The van der Waals surface area contributed by atoms with Gasteiger partial charge in [-0.2, -0.15) is 0 Å². The average Bonchev–Trinajstić information content (AvgIpc) is 2.89. The van der Waals surface area contributed by atoms with Gasteiger partial charge in [0, 0.05) is 24.8 Å². The number of hydrogen-bond acceptors (Lipinski definition) is 5. The van der Waals surface area contributed by atoms with Crippen molar-refractivity contribution in [2.24, 2.45) is 0 Å². The summed E-state index contributed by atoms with van der Waals surface area (Å²) in [4.78, 5) is 16.5. The van der Waals surface area contributed by atoms with E-state index in [0.29, 0.717) is 30.2 Å². The molecule has 6 nitrogen and oxygen atoms in total. The first-order chi connectivity index (χ1) is 17.1. The molecule has 4 aromatic rings. The number of nitrogens with two attached hydrogens (primary N) is 1. The van der Waals surface area contributed by atoms with E-state index < -0.39 is 0 Å². The van der Waals surface area contributed by atoms with Gasteiger partial charge in [-0.25, -0.2) is 4.98 Å². The summed E-state index contributed by atoms with van der Waals surface area (Å²) >= 11 is 0. The Morgan fingerprint density at radius 3 is 2.60 bits per heavy atom. The summed E-state index contributed by atoms with van der Waals surface area (Å²) in [5.74, 6) is 0.0834. The summed E-state index contributed by atoms with van der Waals surface area (Å²) in [6, 6.07) is 25.8. The first kappa shape index (κ1) is 24.4. The summed E-state index contributed by atoms with van der Waals surface area (Å²) in [5.41, 5.74) is 9.20. The largest absolute Gasteiger partial charge is 0.382 e. The number of benzene rings is 3. The number of amides is 1. The van der Waals surface area contributed by atoms with Gasteiger partial charge in [-0.1, -0.05) is 67.9 Å². The van der Waals surface area contributed by atoms with E-state index in [0.717, 1.165) is 24.9 Å². The number of carbonyl (C=O) groups is 1. The zero-order chi connectivity index (χ0) is 24.5. The highest BCUT2D eigenvalue weighted by atomic mass is 16.5. The number of hydrogen-bond donors (Lipinski definition) is 3. The third-order valence-electron chi connectivity index (χ3n) is 5.97. The molecule has 0 fully saturated rings. The highest BCUT2D eigenvalue weighted by Gasteiger charge is 2.11. The summed E-state index contributed by atoms with van der Waals surface area (Å²) in [5, 5.41) is 8.78. The van der Waals surface area contributed by atoms with E-state index in [2.05, 4.69) is 65.0 Å². The minimum Gasteiger partial charge on any atom is -0.382 e. The number of anilines is 2. The maximum absolute atomic E-state index is 12.5. The van der Waals surface area contributed by atoms with Gasteiger partial charge < -0.3 is 21.1 Å². The van der Waals surface area contributed by atoms with Crippen molar-refractivity contribution in [3.05, 3.63) is 102 Å². The van der Waals surface area contributed by atoms with Crippen LogP contribution in [0.3, 0.4) is 0 Å². The molecule has 1 amide bonds. The molecule has 1 heterocycles. The first-order valence-electron chi connectivity index (χ1n) is 12.0. The van der Waals surface area contributed by atoms with Crippen molar-refractivity contribution in [1.29, 1.82) is 0 Å². The fourth-order valence-electron chi connectivity index (χ4n) is 4.06. The molecule has 1 unspecified atom stereocenters. The minimum atomic E-state index is -0.214. The van der Waals surface area contributed by atoms with Crippen LogP contribution in [-0.2, 0) is 17.9 Å². The zero-order valence-electron chi connectivity index (χ0n) is 20.0. The van der Waals surface area contributed by atoms with E-state index in [9.17, 15) is 4.79 Å². The van der Waals surface area contributed by atoms with Gasteiger partial charge in [-0.05, 0) is 52.6 Å². The second-order valence-electron chi connectivity index (χ2n) is 8.58. The van der Waals surface area contributed by atoms with E-state index >= 15 is 0 Å². The Kier molecular flexibility index (Phi) is 8.44. The molecule has 35 heavy (non-hydrogen) atoms. The van der Waals surface area contributed by atoms with Crippen LogP contribution in [0, 0.1) is 0 Å². The van der Waals surface area contributed by atoms with Crippen molar-refractivity contribution in [2.45, 2.75) is 39.0 Å². The average molecular weight is 469 g/mol. The third-order valence-corrected chi connectivity index (χ3v) is 5.97. The molecule has 0 aliphatic carbocycles. The maximum Gasteiger partial charge on any atom is 0.255 e. The van der Waals surface area contributed by atoms with Crippen LogP contribution in [0.2, 0.25) is 0 Å². The monoisotopic (exact) mass is 468 g/mol. The molecule has 0 bridgehead atoms. The molecule has 0 aliphatic rings. The van der Waals surface area contributed by atoms with Gasteiger partial charge in [-0.3, -0.25) is 4.79 Å². The number of aromatic nitrogens is 1. The van der Waals surface area contributed by atoms with Gasteiger partial charge in [0.25, 0.3) is 5.91 Å². The molecule has 6 heteroatoms. The summed E-state index contributed by atoms with van der Waals surface area (Å²) in [7, 11) is 0. The molecular formula is C29H32N4O2. The molecule has 4 N–H and O–H groups in total. The van der Waals surface area contributed by atoms with Crippen LogP contribution in [0.15, 0.2) is 85.1 Å². The number of carbonyl (C=O) groups excluding carboxylic acids is 1. The number of ether oxygens (including phenoxy) is 1. The van der Waals surface area contributed by atoms with Gasteiger partial charge in [-0.15, -0.1) is 0 Å². The van der Waals surface area contributed by atoms with Crippen LogP contribution in [0.25, 0.3) is 10.8 Å². The predicted molar refractivity (Wildman–Crippen MR) is 142 cm³/mol. The molecule has 180 valence electrons. The molecule has 0 aliphatic heterocycles. The summed E-state index contributed by atoms with van der Waals surface area (Å²) in [6.45, 7) is 4.24. The van der Waals surface area contributed by atoms with E-state index in [1.54, 1.807) is 18.3 Å². The summed E-state index contributed by atoms with van der Waals surface area (Å²) < 4.78 is 6.30. The van der Waals surface area contributed by atoms with E-state index in [4.69, 9.17) is 10.5 Å². The number of fused-ring (bicyclic) bond motifs is 1. The maximum atomic E-state index is 12.5. The Hall–Kier alpha value is -3.74. The van der Waals surface area contributed by atoms with Crippen LogP contribution in [-0.4, -0.2) is 23.5 Å². The molecule has 0 saturated carbocycles. The van der Waals surface area contributed by atoms with E-state index in [1.165, 1.54) is 16.3 Å². The molecule has 0 spiro atoms. The smallest absolute Gasteiger partial charge is 0.255 e. The standard InChI is InChI=1S/C29H32N4O2/c1-2-7-25(35-20-24-10-5-9-22-8-3-4-11-26(22)24)19-31-18-21-13-15-23(16-14-21)29(34)33-27-12-6-17-32-28(27)30/h3-6,8-17,25,31H,2,7,18-20H2,1H3,(H2,30,32)(H,33,34). The Bertz CT molecular complexity index is 1250. The fourth-order valence-corrected chi connectivity index (χ4v) is 4.06. The predicted octanol–water partition coefficient (Wildman–Crippen LogP) is 5.54.